The van der Waals surface area contributed by atoms with E-state index in [0.29, 0.717) is 6.54 Å². The largest absolute Gasteiger partial charge is 0.394 e. The maximum absolute atomic E-state index is 9.43. The van der Waals surface area contributed by atoms with Gasteiger partial charge in [0.2, 0.25) is 5.13 Å². The summed E-state index contributed by atoms with van der Waals surface area (Å²) in [6, 6.07) is -0.0627. The number of rotatable bonds is 6. The van der Waals surface area contributed by atoms with Crippen LogP contribution in [0.3, 0.4) is 0 Å². The molecule has 0 radical (unpaired) electrons. The maximum Gasteiger partial charge on any atom is 0.205 e. The van der Waals surface area contributed by atoms with E-state index in [-0.39, 0.29) is 12.6 Å². The fourth-order valence-corrected chi connectivity index (χ4v) is 2.20. The number of aliphatic hydroxyl groups is 2. The van der Waals surface area contributed by atoms with Gasteiger partial charge >= 0.3 is 0 Å². The van der Waals surface area contributed by atoms with Gasteiger partial charge < -0.3 is 15.1 Å². The summed E-state index contributed by atoms with van der Waals surface area (Å²) in [4.78, 5) is 6.25. The number of hydrogen-bond donors (Lipinski definition) is 2. The van der Waals surface area contributed by atoms with Gasteiger partial charge in [0.25, 0.3) is 0 Å². The van der Waals surface area contributed by atoms with Gasteiger partial charge in [0.15, 0.2) is 0 Å². The Morgan fingerprint density at radius 3 is 2.56 bits per heavy atom. The van der Waals surface area contributed by atoms with E-state index in [1.165, 1.54) is 11.5 Å². The third-order valence-electron chi connectivity index (χ3n) is 2.28. The molecule has 0 fully saturated rings. The molecule has 0 aliphatic heterocycles. The molecule has 0 aromatic carbocycles. The second-order valence-electron chi connectivity index (χ2n) is 3.88. The second-order valence-corrected chi connectivity index (χ2v) is 4.61. The molecule has 0 spiro atoms. The first-order chi connectivity index (χ1) is 7.58. The molecular weight excluding hydrogens is 226 g/mol. The van der Waals surface area contributed by atoms with Gasteiger partial charge in [-0.2, -0.15) is 4.37 Å². The average Bonchev–Trinajstić information content (AvgIpc) is 2.72. The number of anilines is 1. The summed E-state index contributed by atoms with van der Waals surface area (Å²) in [5, 5.41) is 19.4. The Labute approximate surface area is 99.9 Å². The average molecular weight is 245 g/mol. The molecule has 0 bridgehead atoms. The van der Waals surface area contributed by atoms with Crippen molar-refractivity contribution in [1.82, 2.24) is 9.36 Å². The fraction of sp³-hybridized carbons (Fsp3) is 0.800. The van der Waals surface area contributed by atoms with Crippen molar-refractivity contribution >= 4 is 16.7 Å². The Hall–Kier alpha value is -0.720. The van der Waals surface area contributed by atoms with Crippen LogP contribution in [0.15, 0.2) is 0 Å². The van der Waals surface area contributed by atoms with E-state index < -0.39 is 6.10 Å². The van der Waals surface area contributed by atoms with Crippen LogP contribution in [0.4, 0.5) is 5.13 Å². The molecule has 0 aliphatic rings. The molecule has 2 atom stereocenters. The molecule has 16 heavy (non-hydrogen) atoms. The van der Waals surface area contributed by atoms with Crippen molar-refractivity contribution in [2.45, 2.75) is 39.3 Å². The second kappa shape index (κ2) is 6.12. The molecule has 0 saturated heterocycles. The van der Waals surface area contributed by atoms with Gasteiger partial charge in [-0.1, -0.05) is 6.92 Å². The molecule has 1 heterocycles. The van der Waals surface area contributed by atoms with Crippen LogP contribution in [-0.4, -0.2) is 44.9 Å². The topological polar surface area (TPSA) is 69.5 Å². The summed E-state index contributed by atoms with van der Waals surface area (Å²) in [6.45, 7) is 6.11. The van der Waals surface area contributed by atoms with E-state index >= 15 is 0 Å². The van der Waals surface area contributed by atoms with Crippen LogP contribution in [0, 0.1) is 0 Å². The highest BCUT2D eigenvalue weighted by atomic mass is 32.1. The number of hydrogen-bond acceptors (Lipinski definition) is 6. The quantitative estimate of drug-likeness (QED) is 0.771. The Balaban J connectivity index is 2.82. The summed E-state index contributed by atoms with van der Waals surface area (Å²) in [7, 11) is 0. The van der Waals surface area contributed by atoms with Crippen LogP contribution in [0.25, 0.3) is 0 Å². The minimum absolute atomic E-state index is 0.0355. The van der Waals surface area contributed by atoms with E-state index in [1.807, 2.05) is 18.7 Å². The summed E-state index contributed by atoms with van der Waals surface area (Å²) in [6.07, 6.45) is 0.343. The fourth-order valence-electron chi connectivity index (χ4n) is 1.33. The molecule has 1 aromatic rings. The smallest absolute Gasteiger partial charge is 0.205 e. The van der Waals surface area contributed by atoms with Crippen LogP contribution in [-0.2, 0) is 6.42 Å². The third kappa shape index (κ3) is 3.40. The standard InChI is InChI=1S/C10H19N3O2S/c1-4-9-11-10(16-12-9)13(5-8(3)15)7(2)6-14/h7-8,14-15H,4-6H2,1-3H3/t7-,8+/m0/s1. The lowest BCUT2D eigenvalue weighted by molar-refractivity contribution is 0.189. The van der Waals surface area contributed by atoms with Crippen molar-refractivity contribution in [2.75, 3.05) is 18.1 Å². The number of aromatic nitrogens is 2. The number of aryl methyl sites for hydroxylation is 1. The first-order valence-corrected chi connectivity index (χ1v) is 6.24. The highest BCUT2D eigenvalue weighted by Crippen LogP contribution is 2.20. The third-order valence-corrected chi connectivity index (χ3v) is 3.07. The van der Waals surface area contributed by atoms with Crippen LogP contribution in [0.2, 0.25) is 0 Å². The van der Waals surface area contributed by atoms with Crippen LogP contribution in [0.1, 0.15) is 26.6 Å². The minimum Gasteiger partial charge on any atom is -0.394 e. The van der Waals surface area contributed by atoms with E-state index in [2.05, 4.69) is 9.36 Å². The molecule has 1 rings (SSSR count). The molecule has 0 saturated carbocycles. The van der Waals surface area contributed by atoms with Crippen molar-refractivity contribution in [3.63, 3.8) is 0 Å². The Morgan fingerprint density at radius 2 is 2.12 bits per heavy atom. The normalized spacial score (nSPS) is 14.8. The first kappa shape index (κ1) is 13.3. The SMILES string of the molecule is CCc1nsc(N(C[C@@H](C)O)[C@@H](C)CO)n1. The monoisotopic (exact) mass is 245 g/mol. The molecule has 2 N–H and O–H groups in total. The van der Waals surface area contributed by atoms with Crippen molar-refractivity contribution in [3.8, 4) is 0 Å². The van der Waals surface area contributed by atoms with E-state index in [4.69, 9.17) is 0 Å². The van der Waals surface area contributed by atoms with Crippen molar-refractivity contribution < 1.29 is 10.2 Å². The molecule has 6 heteroatoms. The van der Waals surface area contributed by atoms with Gasteiger partial charge in [0, 0.05) is 24.5 Å². The number of aliphatic hydroxyl groups excluding tert-OH is 2. The Kier molecular flexibility index (Phi) is 5.11. The maximum atomic E-state index is 9.43. The first-order valence-electron chi connectivity index (χ1n) is 5.46. The predicted octanol–water partition coefficient (Wildman–Crippen LogP) is 0.668. The highest BCUT2D eigenvalue weighted by Gasteiger charge is 2.19. The molecule has 1 aromatic heterocycles. The zero-order valence-electron chi connectivity index (χ0n) is 9.92. The van der Waals surface area contributed by atoms with Gasteiger partial charge in [0.1, 0.15) is 5.82 Å². The van der Waals surface area contributed by atoms with Crippen LogP contribution >= 0.6 is 11.5 Å². The van der Waals surface area contributed by atoms with Crippen molar-refractivity contribution in [3.05, 3.63) is 5.82 Å². The van der Waals surface area contributed by atoms with E-state index in [1.54, 1.807) is 6.92 Å². The lowest BCUT2D eigenvalue weighted by Gasteiger charge is -2.28. The van der Waals surface area contributed by atoms with Gasteiger partial charge in [-0.3, -0.25) is 0 Å². The summed E-state index contributed by atoms with van der Waals surface area (Å²) < 4.78 is 4.21. The van der Waals surface area contributed by atoms with Gasteiger partial charge in [-0.05, 0) is 13.8 Å². The van der Waals surface area contributed by atoms with Crippen LogP contribution < -0.4 is 4.90 Å². The zero-order valence-corrected chi connectivity index (χ0v) is 10.7. The molecular formula is C10H19N3O2S. The molecule has 0 unspecified atom stereocenters. The molecule has 0 amide bonds. The predicted molar refractivity (Wildman–Crippen MR) is 64.9 cm³/mol. The molecule has 0 aliphatic carbocycles. The molecule has 5 nitrogen and oxygen atoms in total. The lowest BCUT2D eigenvalue weighted by Crippen LogP contribution is -2.40. The van der Waals surface area contributed by atoms with E-state index in [9.17, 15) is 10.2 Å². The van der Waals surface area contributed by atoms with Gasteiger partial charge in [0.05, 0.1) is 18.8 Å². The summed E-state index contributed by atoms with van der Waals surface area (Å²) in [5.41, 5.74) is 0. The Bertz CT molecular complexity index is 317. The zero-order chi connectivity index (χ0) is 12.1. The summed E-state index contributed by atoms with van der Waals surface area (Å²) >= 11 is 1.31. The van der Waals surface area contributed by atoms with Gasteiger partial charge in [-0.25, -0.2) is 4.98 Å². The van der Waals surface area contributed by atoms with Crippen LogP contribution in [0.5, 0.6) is 0 Å². The van der Waals surface area contributed by atoms with Crippen molar-refractivity contribution in [1.29, 1.82) is 0 Å². The Morgan fingerprint density at radius 1 is 1.44 bits per heavy atom. The van der Waals surface area contributed by atoms with Gasteiger partial charge in [-0.15, -0.1) is 0 Å². The minimum atomic E-state index is -0.456. The summed E-state index contributed by atoms with van der Waals surface area (Å²) in [5.74, 6) is 0.806. The number of nitrogens with zero attached hydrogens (tertiary/aromatic N) is 3. The van der Waals surface area contributed by atoms with E-state index in [0.717, 1.165) is 17.4 Å². The lowest BCUT2D eigenvalue weighted by atomic mass is 10.3. The highest BCUT2D eigenvalue weighted by molar-refractivity contribution is 7.09. The molecule has 92 valence electrons. The van der Waals surface area contributed by atoms with Crippen molar-refractivity contribution in [2.24, 2.45) is 0 Å².